The van der Waals surface area contributed by atoms with Gasteiger partial charge in [0, 0.05) is 18.7 Å². The molecule has 2 aliphatic rings. The van der Waals surface area contributed by atoms with E-state index < -0.39 is 0 Å². The number of rotatable bonds is 6. The molecule has 1 aromatic carbocycles. The lowest BCUT2D eigenvalue weighted by Crippen LogP contribution is -3.15. The van der Waals surface area contributed by atoms with Crippen LogP contribution >= 0.6 is 0 Å². The van der Waals surface area contributed by atoms with Crippen molar-refractivity contribution in [1.29, 1.82) is 0 Å². The Kier molecular flexibility index (Phi) is 6.04. The predicted molar refractivity (Wildman–Crippen MR) is 103 cm³/mol. The van der Waals surface area contributed by atoms with Crippen molar-refractivity contribution in [2.24, 2.45) is 0 Å². The zero-order valence-electron chi connectivity index (χ0n) is 16.4. The summed E-state index contributed by atoms with van der Waals surface area (Å²) >= 11 is 0. The summed E-state index contributed by atoms with van der Waals surface area (Å²) in [6.07, 6.45) is 3.51. The minimum Gasteiger partial charge on any atom is -0.484 e. The Morgan fingerprint density at radius 2 is 1.69 bits per heavy atom. The van der Waals surface area contributed by atoms with E-state index in [9.17, 15) is 9.59 Å². The van der Waals surface area contributed by atoms with Gasteiger partial charge < -0.3 is 23.9 Å². The lowest BCUT2D eigenvalue weighted by Gasteiger charge is -2.32. The number of benzene rings is 1. The molecule has 1 aromatic heterocycles. The fourth-order valence-corrected chi connectivity index (χ4v) is 3.77. The number of piperazine rings is 1. The summed E-state index contributed by atoms with van der Waals surface area (Å²) in [7, 11) is 0. The van der Waals surface area contributed by atoms with Crippen molar-refractivity contribution in [3.8, 4) is 17.2 Å². The Labute approximate surface area is 169 Å². The predicted octanol–water partition coefficient (Wildman–Crippen LogP) is -0.535. The lowest BCUT2D eigenvalue weighted by atomic mass is 10.2. The SMILES string of the molecule is O=C(COc1ccc(-c2nnco2)cc1)N1CC[NH+](CC(=O)N2CCCC2)CC1. The monoisotopic (exact) mass is 400 g/mol. The molecular formula is C20H26N5O4+. The van der Waals surface area contributed by atoms with Gasteiger partial charge in [-0.1, -0.05) is 0 Å². The first kappa shape index (κ1) is 19.4. The Bertz CT molecular complexity index is 810. The minimum atomic E-state index is -0.0316. The number of aromatic nitrogens is 2. The number of amides is 2. The average molecular weight is 400 g/mol. The highest BCUT2D eigenvalue weighted by Gasteiger charge is 2.28. The minimum absolute atomic E-state index is 0.00193. The van der Waals surface area contributed by atoms with Gasteiger partial charge >= 0.3 is 0 Å². The Balaban J connectivity index is 1.19. The third-order valence-corrected chi connectivity index (χ3v) is 5.51. The summed E-state index contributed by atoms with van der Waals surface area (Å²) in [5.41, 5.74) is 0.795. The largest absolute Gasteiger partial charge is 0.484 e. The van der Waals surface area contributed by atoms with E-state index in [0.717, 1.165) is 44.6 Å². The normalized spacial score (nSPS) is 17.5. The zero-order chi connectivity index (χ0) is 20.1. The first-order chi connectivity index (χ1) is 14.2. The third-order valence-electron chi connectivity index (χ3n) is 5.51. The molecule has 0 bridgehead atoms. The highest BCUT2D eigenvalue weighted by Crippen LogP contribution is 2.20. The second kappa shape index (κ2) is 9.04. The van der Waals surface area contributed by atoms with E-state index in [1.54, 1.807) is 12.1 Å². The molecule has 2 amide bonds. The Morgan fingerprint density at radius 1 is 1.00 bits per heavy atom. The summed E-state index contributed by atoms with van der Waals surface area (Å²) in [4.78, 5) is 29.8. The molecule has 2 saturated heterocycles. The molecule has 1 N–H and O–H groups in total. The molecule has 2 aromatic rings. The van der Waals surface area contributed by atoms with Crippen molar-refractivity contribution < 1.29 is 23.6 Å². The van der Waals surface area contributed by atoms with Gasteiger partial charge in [0.15, 0.2) is 13.2 Å². The summed E-state index contributed by atoms with van der Waals surface area (Å²) in [5, 5.41) is 7.51. The smallest absolute Gasteiger partial charge is 0.277 e. The molecule has 9 heteroatoms. The van der Waals surface area contributed by atoms with E-state index in [-0.39, 0.29) is 18.4 Å². The number of likely N-dealkylation sites (tertiary alicyclic amines) is 1. The van der Waals surface area contributed by atoms with Crippen LogP contribution in [-0.4, -0.2) is 84.2 Å². The van der Waals surface area contributed by atoms with E-state index >= 15 is 0 Å². The quantitative estimate of drug-likeness (QED) is 0.701. The highest BCUT2D eigenvalue weighted by atomic mass is 16.5. The van der Waals surface area contributed by atoms with Gasteiger partial charge in [0.2, 0.25) is 12.3 Å². The molecule has 0 unspecified atom stereocenters. The molecule has 2 fully saturated rings. The van der Waals surface area contributed by atoms with Crippen LogP contribution in [0.2, 0.25) is 0 Å². The Hall–Kier alpha value is -2.94. The van der Waals surface area contributed by atoms with Gasteiger partial charge in [0.05, 0.1) is 26.2 Å². The van der Waals surface area contributed by atoms with Crippen LogP contribution in [0.3, 0.4) is 0 Å². The second-order valence-electron chi connectivity index (χ2n) is 7.45. The van der Waals surface area contributed by atoms with Gasteiger partial charge in [-0.2, -0.15) is 0 Å². The number of hydrogen-bond acceptors (Lipinski definition) is 6. The number of carbonyl (C=O) groups is 2. The molecule has 154 valence electrons. The number of nitrogens with one attached hydrogen (secondary N) is 1. The fourth-order valence-electron chi connectivity index (χ4n) is 3.77. The summed E-state index contributed by atoms with van der Waals surface area (Å²) in [5.74, 6) is 1.26. The van der Waals surface area contributed by atoms with Crippen molar-refractivity contribution >= 4 is 11.8 Å². The maximum absolute atomic E-state index is 12.4. The van der Waals surface area contributed by atoms with Crippen molar-refractivity contribution in [3.05, 3.63) is 30.7 Å². The maximum Gasteiger partial charge on any atom is 0.277 e. The van der Waals surface area contributed by atoms with Crippen LogP contribution in [0.4, 0.5) is 0 Å². The van der Waals surface area contributed by atoms with Crippen LogP contribution in [0, 0.1) is 0 Å². The van der Waals surface area contributed by atoms with E-state index in [1.807, 2.05) is 21.9 Å². The number of quaternary nitrogens is 1. The van der Waals surface area contributed by atoms with E-state index in [0.29, 0.717) is 31.3 Å². The van der Waals surface area contributed by atoms with Crippen LogP contribution in [-0.2, 0) is 9.59 Å². The van der Waals surface area contributed by atoms with Gasteiger partial charge in [0.25, 0.3) is 11.8 Å². The van der Waals surface area contributed by atoms with Gasteiger partial charge in [-0.3, -0.25) is 9.59 Å². The fraction of sp³-hybridized carbons (Fsp3) is 0.500. The second-order valence-corrected chi connectivity index (χ2v) is 7.45. The molecule has 9 nitrogen and oxygen atoms in total. The van der Waals surface area contributed by atoms with Gasteiger partial charge in [-0.05, 0) is 37.1 Å². The van der Waals surface area contributed by atoms with Crippen LogP contribution in [0.1, 0.15) is 12.8 Å². The number of carbonyl (C=O) groups excluding carboxylic acids is 2. The standard InChI is InChI=1S/C20H25N5O4/c26-18(24-7-1-2-8-24)13-23-9-11-25(12-10-23)19(27)14-28-17-5-3-16(4-6-17)20-22-21-15-29-20/h3-6,15H,1-2,7-14H2/p+1. The molecule has 3 heterocycles. The average Bonchev–Trinajstić information content (AvgIpc) is 3.47. The van der Waals surface area contributed by atoms with Gasteiger partial charge in [-0.25, -0.2) is 0 Å². The van der Waals surface area contributed by atoms with Gasteiger partial charge in [0.1, 0.15) is 5.75 Å². The van der Waals surface area contributed by atoms with E-state index in [4.69, 9.17) is 9.15 Å². The van der Waals surface area contributed by atoms with Crippen LogP contribution in [0.15, 0.2) is 35.1 Å². The first-order valence-electron chi connectivity index (χ1n) is 10.1. The zero-order valence-corrected chi connectivity index (χ0v) is 16.4. The van der Waals surface area contributed by atoms with Crippen LogP contribution < -0.4 is 9.64 Å². The molecule has 0 aliphatic carbocycles. The molecule has 2 aliphatic heterocycles. The molecular weight excluding hydrogens is 374 g/mol. The van der Waals surface area contributed by atoms with Crippen molar-refractivity contribution in [3.63, 3.8) is 0 Å². The molecule has 4 rings (SSSR count). The summed E-state index contributed by atoms with van der Waals surface area (Å²) in [6.45, 7) is 5.22. The molecule has 29 heavy (non-hydrogen) atoms. The Morgan fingerprint density at radius 3 is 2.34 bits per heavy atom. The number of ether oxygens (including phenoxy) is 1. The van der Waals surface area contributed by atoms with E-state index in [2.05, 4.69) is 10.2 Å². The molecule has 0 radical (unpaired) electrons. The number of hydrogen-bond donors (Lipinski definition) is 1. The van der Waals surface area contributed by atoms with Crippen molar-refractivity contribution in [1.82, 2.24) is 20.0 Å². The number of nitrogens with zero attached hydrogens (tertiary/aromatic N) is 4. The molecule has 0 spiro atoms. The molecule has 0 atom stereocenters. The highest BCUT2D eigenvalue weighted by molar-refractivity contribution is 5.78. The summed E-state index contributed by atoms with van der Waals surface area (Å²) < 4.78 is 10.8. The van der Waals surface area contributed by atoms with Crippen molar-refractivity contribution in [2.75, 3.05) is 52.4 Å². The van der Waals surface area contributed by atoms with E-state index in [1.165, 1.54) is 11.3 Å². The first-order valence-corrected chi connectivity index (χ1v) is 10.1. The molecule has 0 saturated carbocycles. The topological polar surface area (TPSA) is 93.2 Å². The third kappa shape index (κ3) is 4.92. The van der Waals surface area contributed by atoms with Crippen LogP contribution in [0.25, 0.3) is 11.5 Å². The lowest BCUT2D eigenvalue weighted by molar-refractivity contribution is -0.896. The maximum atomic E-state index is 12.4. The summed E-state index contributed by atoms with van der Waals surface area (Å²) in [6, 6.07) is 7.18. The van der Waals surface area contributed by atoms with Crippen LogP contribution in [0.5, 0.6) is 5.75 Å². The van der Waals surface area contributed by atoms with Gasteiger partial charge in [-0.15, -0.1) is 10.2 Å². The van der Waals surface area contributed by atoms with Crippen molar-refractivity contribution in [2.45, 2.75) is 12.8 Å².